The molecule has 2 fully saturated rings. The van der Waals surface area contributed by atoms with Crippen molar-refractivity contribution in [2.45, 2.75) is 26.2 Å². The average molecular weight is 296 g/mol. The molecule has 1 atom stereocenters. The van der Waals surface area contributed by atoms with Crippen LogP contribution in [0.5, 0.6) is 0 Å². The molecular formula is C19H24N2O. The van der Waals surface area contributed by atoms with Gasteiger partial charge in [-0.05, 0) is 55.7 Å². The molecule has 116 valence electrons. The third kappa shape index (κ3) is 2.58. The molecule has 1 aromatic carbocycles. The van der Waals surface area contributed by atoms with Crippen molar-refractivity contribution >= 4 is 16.7 Å². The lowest BCUT2D eigenvalue weighted by atomic mass is 9.84. The molecule has 4 rings (SSSR count). The smallest absolute Gasteiger partial charge is 0.132 e. The number of ether oxygens (including phenoxy) is 1. The monoisotopic (exact) mass is 296 g/mol. The fraction of sp³-hybridized carbons (Fsp3) is 0.526. The first-order chi connectivity index (χ1) is 10.8. The molecule has 1 aromatic heterocycles. The second-order valence-electron chi connectivity index (χ2n) is 6.77. The molecule has 2 aromatic rings. The number of hydrogen-bond donors (Lipinski definition) is 0. The van der Waals surface area contributed by atoms with Crippen LogP contribution in [0.1, 0.15) is 24.8 Å². The number of hydrogen-bond acceptors (Lipinski definition) is 3. The van der Waals surface area contributed by atoms with Crippen LogP contribution in [0.25, 0.3) is 10.9 Å². The highest BCUT2D eigenvalue weighted by Crippen LogP contribution is 2.33. The predicted molar refractivity (Wildman–Crippen MR) is 90.3 cm³/mol. The van der Waals surface area contributed by atoms with Crippen LogP contribution in [0.2, 0.25) is 0 Å². The summed E-state index contributed by atoms with van der Waals surface area (Å²) in [5.41, 5.74) is 2.40. The molecule has 1 unspecified atom stereocenters. The van der Waals surface area contributed by atoms with E-state index in [0.29, 0.717) is 0 Å². The van der Waals surface area contributed by atoms with Gasteiger partial charge in [-0.15, -0.1) is 0 Å². The summed E-state index contributed by atoms with van der Waals surface area (Å²) >= 11 is 0. The second-order valence-corrected chi connectivity index (χ2v) is 6.77. The largest absolute Gasteiger partial charge is 0.381 e. The van der Waals surface area contributed by atoms with E-state index in [1.54, 1.807) is 0 Å². The normalized spacial score (nSPS) is 23.3. The summed E-state index contributed by atoms with van der Waals surface area (Å²) in [4.78, 5) is 7.40. The van der Waals surface area contributed by atoms with E-state index in [2.05, 4.69) is 42.2 Å². The number of fused-ring (bicyclic) bond motifs is 1. The minimum absolute atomic E-state index is 0.799. The second kappa shape index (κ2) is 5.88. The number of pyridine rings is 1. The van der Waals surface area contributed by atoms with Gasteiger partial charge < -0.3 is 9.64 Å². The number of piperidine rings is 1. The molecule has 0 N–H and O–H groups in total. The zero-order valence-corrected chi connectivity index (χ0v) is 13.3. The van der Waals surface area contributed by atoms with E-state index in [1.165, 1.54) is 36.0 Å². The Morgan fingerprint density at radius 1 is 1.09 bits per heavy atom. The van der Waals surface area contributed by atoms with E-state index >= 15 is 0 Å². The molecule has 0 aliphatic carbocycles. The van der Waals surface area contributed by atoms with E-state index in [4.69, 9.17) is 9.72 Å². The van der Waals surface area contributed by atoms with Crippen molar-refractivity contribution in [2.24, 2.45) is 11.8 Å². The molecule has 2 aliphatic heterocycles. The minimum Gasteiger partial charge on any atom is -0.381 e. The van der Waals surface area contributed by atoms with Gasteiger partial charge in [-0.3, -0.25) is 0 Å². The maximum Gasteiger partial charge on any atom is 0.132 e. The number of anilines is 1. The summed E-state index contributed by atoms with van der Waals surface area (Å²) in [6, 6.07) is 10.7. The van der Waals surface area contributed by atoms with E-state index in [9.17, 15) is 0 Å². The molecule has 0 amide bonds. The molecule has 0 spiro atoms. The van der Waals surface area contributed by atoms with Gasteiger partial charge in [0.1, 0.15) is 5.82 Å². The van der Waals surface area contributed by atoms with E-state index in [-0.39, 0.29) is 0 Å². The third-order valence-corrected chi connectivity index (χ3v) is 5.36. The van der Waals surface area contributed by atoms with Gasteiger partial charge in [0.25, 0.3) is 0 Å². The molecule has 3 heteroatoms. The number of rotatable bonds is 2. The highest BCUT2D eigenvalue weighted by molar-refractivity contribution is 5.81. The summed E-state index contributed by atoms with van der Waals surface area (Å²) < 4.78 is 5.56. The third-order valence-electron chi connectivity index (χ3n) is 5.36. The molecule has 0 bridgehead atoms. The Labute approximate surface area is 132 Å². The van der Waals surface area contributed by atoms with Crippen LogP contribution in [-0.2, 0) is 4.74 Å². The van der Waals surface area contributed by atoms with E-state index in [0.717, 1.165) is 43.7 Å². The van der Waals surface area contributed by atoms with Crippen LogP contribution in [0.4, 0.5) is 5.82 Å². The molecule has 2 saturated heterocycles. The first kappa shape index (κ1) is 14.0. The first-order valence-electron chi connectivity index (χ1n) is 8.50. The van der Waals surface area contributed by atoms with Crippen molar-refractivity contribution < 1.29 is 4.74 Å². The van der Waals surface area contributed by atoms with E-state index in [1.807, 2.05) is 0 Å². The minimum atomic E-state index is 0.799. The Morgan fingerprint density at radius 2 is 1.91 bits per heavy atom. The summed E-state index contributed by atoms with van der Waals surface area (Å²) in [5, 5.41) is 1.24. The number of aryl methyl sites for hydroxylation is 1. The number of benzene rings is 1. The Kier molecular flexibility index (Phi) is 3.75. The van der Waals surface area contributed by atoms with Crippen LogP contribution >= 0.6 is 0 Å². The lowest BCUT2D eigenvalue weighted by Crippen LogP contribution is -2.37. The van der Waals surface area contributed by atoms with Crippen molar-refractivity contribution in [2.75, 3.05) is 31.2 Å². The zero-order chi connectivity index (χ0) is 14.9. The van der Waals surface area contributed by atoms with E-state index < -0.39 is 0 Å². The van der Waals surface area contributed by atoms with Crippen molar-refractivity contribution in [3.63, 3.8) is 0 Å². The van der Waals surface area contributed by atoms with Crippen LogP contribution in [0.15, 0.2) is 30.3 Å². The summed E-state index contributed by atoms with van der Waals surface area (Å²) in [6.07, 6.45) is 3.82. The maximum atomic E-state index is 5.56. The number of para-hydroxylation sites is 1. The maximum absolute atomic E-state index is 5.56. The van der Waals surface area contributed by atoms with Gasteiger partial charge in [0.2, 0.25) is 0 Å². The van der Waals surface area contributed by atoms with Crippen LogP contribution in [-0.4, -0.2) is 31.3 Å². The van der Waals surface area contributed by atoms with Gasteiger partial charge in [0, 0.05) is 31.7 Å². The summed E-state index contributed by atoms with van der Waals surface area (Å²) in [6.45, 7) is 6.40. The van der Waals surface area contributed by atoms with Crippen LogP contribution in [0, 0.1) is 18.8 Å². The fourth-order valence-corrected chi connectivity index (χ4v) is 4.04. The first-order valence-corrected chi connectivity index (χ1v) is 8.50. The van der Waals surface area contributed by atoms with Crippen molar-refractivity contribution in [1.82, 2.24) is 4.98 Å². The van der Waals surface area contributed by atoms with Gasteiger partial charge in [-0.1, -0.05) is 18.2 Å². The van der Waals surface area contributed by atoms with Crippen LogP contribution in [0.3, 0.4) is 0 Å². The highest BCUT2D eigenvalue weighted by Gasteiger charge is 2.29. The van der Waals surface area contributed by atoms with Crippen molar-refractivity contribution in [3.8, 4) is 0 Å². The Balaban J connectivity index is 1.52. The van der Waals surface area contributed by atoms with Gasteiger partial charge >= 0.3 is 0 Å². The van der Waals surface area contributed by atoms with Gasteiger partial charge in [0.15, 0.2) is 0 Å². The molecule has 3 nitrogen and oxygen atoms in total. The zero-order valence-electron chi connectivity index (χ0n) is 13.3. The van der Waals surface area contributed by atoms with Gasteiger partial charge in [-0.2, -0.15) is 0 Å². The average Bonchev–Trinajstić information content (AvgIpc) is 3.09. The summed E-state index contributed by atoms with van der Waals surface area (Å²) in [7, 11) is 0. The Morgan fingerprint density at radius 3 is 2.68 bits per heavy atom. The Hall–Kier alpha value is -1.61. The molecule has 0 saturated carbocycles. The predicted octanol–water partition coefficient (Wildman–Crippen LogP) is 3.80. The highest BCUT2D eigenvalue weighted by atomic mass is 16.5. The SMILES string of the molecule is Cc1cc2ccccc2nc1N1CCC(C2CCOC2)CC1. The lowest BCUT2D eigenvalue weighted by molar-refractivity contribution is 0.164. The molecule has 3 heterocycles. The summed E-state index contributed by atoms with van der Waals surface area (Å²) in [5.74, 6) is 2.83. The van der Waals surface area contributed by atoms with Crippen molar-refractivity contribution in [3.05, 3.63) is 35.9 Å². The molecule has 22 heavy (non-hydrogen) atoms. The molecular weight excluding hydrogens is 272 g/mol. The van der Waals surface area contributed by atoms with Gasteiger partial charge in [0.05, 0.1) is 5.52 Å². The van der Waals surface area contributed by atoms with Gasteiger partial charge in [-0.25, -0.2) is 4.98 Å². The Bertz CT molecular complexity index is 656. The van der Waals surface area contributed by atoms with Crippen molar-refractivity contribution in [1.29, 1.82) is 0 Å². The lowest BCUT2D eigenvalue weighted by Gasteiger charge is -2.35. The van der Waals surface area contributed by atoms with Crippen LogP contribution < -0.4 is 4.90 Å². The quantitative estimate of drug-likeness (QED) is 0.843. The topological polar surface area (TPSA) is 25.4 Å². The number of aromatic nitrogens is 1. The molecule has 2 aliphatic rings. The standard InChI is InChI=1S/C19H24N2O/c1-14-12-16-4-2-3-5-18(16)20-19(14)21-9-6-15(7-10-21)17-8-11-22-13-17/h2-5,12,15,17H,6-11,13H2,1H3. The fourth-order valence-electron chi connectivity index (χ4n) is 4.04. The molecule has 0 radical (unpaired) electrons. The number of nitrogens with zero attached hydrogens (tertiary/aromatic N) is 2.